The van der Waals surface area contributed by atoms with Crippen LogP contribution in [0.2, 0.25) is 0 Å². The van der Waals surface area contributed by atoms with Crippen LogP contribution >= 0.6 is 11.8 Å². The van der Waals surface area contributed by atoms with Gasteiger partial charge in [-0.05, 0) is 77.0 Å². The lowest BCUT2D eigenvalue weighted by molar-refractivity contribution is -0.128. The smallest absolute Gasteiger partial charge is 0.222 e. The Labute approximate surface area is 287 Å². The third kappa shape index (κ3) is 35.5. The summed E-state index contributed by atoms with van der Waals surface area (Å²) >= 11 is 2.07. The van der Waals surface area contributed by atoms with Crippen LogP contribution < -0.4 is 0 Å². The number of carbonyl (C=O) groups excluding carboxylic acids is 1. The molecule has 0 rings (SSSR count). The predicted molar refractivity (Wildman–Crippen MR) is 208 cm³/mol. The number of thioether (sulfide) groups is 1. The second-order valence-electron chi connectivity index (χ2n) is 13.3. The SMILES string of the molecule is CCCCC/C=C\C/C=C\CCCCCCCCC(CCCCCCCC/C=C\C/C=C\CCCCC)SCCC(=O)N(C)C. The Morgan fingerprint density at radius 1 is 0.511 bits per heavy atom. The van der Waals surface area contributed by atoms with E-state index >= 15 is 0 Å². The van der Waals surface area contributed by atoms with Crippen molar-refractivity contribution in [2.45, 2.75) is 192 Å². The van der Waals surface area contributed by atoms with Gasteiger partial charge in [0, 0.05) is 31.5 Å². The Balaban J connectivity index is 3.93. The minimum absolute atomic E-state index is 0.267. The molecule has 0 atom stereocenters. The van der Waals surface area contributed by atoms with E-state index < -0.39 is 0 Å². The van der Waals surface area contributed by atoms with Crippen LogP contribution in [-0.2, 0) is 4.79 Å². The van der Waals surface area contributed by atoms with Gasteiger partial charge in [0.15, 0.2) is 0 Å². The molecule has 0 spiro atoms. The molecule has 3 heteroatoms. The maximum atomic E-state index is 12.1. The van der Waals surface area contributed by atoms with Gasteiger partial charge in [-0.15, -0.1) is 0 Å². The molecule has 0 aromatic carbocycles. The molecule has 45 heavy (non-hydrogen) atoms. The number of rotatable bonds is 34. The van der Waals surface area contributed by atoms with Crippen molar-refractivity contribution in [2.24, 2.45) is 0 Å². The summed E-state index contributed by atoms with van der Waals surface area (Å²) in [4.78, 5) is 13.8. The second-order valence-corrected chi connectivity index (χ2v) is 14.7. The molecule has 0 fully saturated rings. The molecule has 0 saturated heterocycles. The number of unbranched alkanes of at least 4 members (excludes halogenated alkanes) is 18. The number of hydrogen-bond acceptors (Lipinski definition) is 2. The van der Waals surface area contributed by atoms with E-state index in [1.54, 1.807) is 4.90 Å². The second kappa shape index (κ2) is 37.2. The summed E-state index contributed by atoms with van der Waals surface area (Å²) in [6.45, 7) is 4.53. The van der Waals surface area contributed by atoms with Gasteiger partial charge in [-0.25, -0.2) is 0 Å². The minimum atomic E-state index is 0.267. The molecule has 262 valence electrons. The van der Waals surface area contributed by atoms with Crippen molar-refractivity contribution < 1.29 is 4.79 Å². The van der Waals surface area contributed by atoms with Gasteiger partial charge in [0.05, 0.1) is 0 Å². The average molecular weight is 644 g/mol. The average Bonchev–Trinajstić information content (AvgIpc) is 3.03. The van der Waals surface area contributed by atoms with Crippen LogP contribution in [-0.4, -0.2) is 35.9 Å². The lowest BCUT2D eigenvalue weighted by Crippen LogP contribution is -2.22. The van der Waals surface area contributed by atoms with Crippen LogP contribution in [0.5, 0.6) is 0 Å². The molecule has 0 aromatic rings. The first-order valence-electron chi connectivity index (χ1n) is 19.5. The molecule has 0 bridgehead atoms. The fourth-order valence-electron chi connectivity index (χ4n) is 5.57. The number of carbonyl (C=O) groups is 1. The van der Waals surface area contributed by atoms with E-state index in [9.17, 15) is 4.79 Å². The summed E-state index contributed by atoms with van der Waals surface area (Å²) in [7, 11) is 3.75. The molecule has 0 radical (unpaired) electrons. The zero-order valence-electron chi connectivity index (χ0n) is 30.8. The van der Waals surface area contributed by atoms with Gasteiger partial charge in [0.2, 0.25) is 5.91 Å². The van der Waals surface area contributed by atoms with E-state index in [-0.39, 0.29) is 5.91 Å². The van der Waals surface area contributed by atoms with Gasteiger partial charge in [-0.1, -0.05) is 152 Å². The van der Waals surface area contributed by atoms with Crippen molar-refractivity contribution in [1.82, 2.24) is 4.90 Å². The Kier molecular flexibility index (Phi) is 36.2. The molecule has 0 heterocycles. The fourth-order valence-corrected chi connectivity index (χ4v) is 6.86. The molecular formula is C42H77NOS. The molecule has 0 aliphatic carbocycles. The Hall–Kier alpha value is -1.22. The third-order valence-electron chi connectivity index (χ3n) is 8.62. The van der Waals surface area contributed by atoms with E-state index in [1.807, 2.05) is 14.1 Å². The van der Waals surface area contributed by atoms with E-state index in [4.69, 9.17) is 0 Å². The molecule has 0 saturated carbocycles. The lowest BCUT2D eigenvalue weighted by atomic mass is 10.0. The highest BCUT2D eigenvalue weighted by atomic mass is 32.2. The van der Waals surface area contributed by atoms with Crippen LogP contribution in [0, 0.1) is 0 Å². The number of allylic oxidation sites excluding steroid dienone is 8. The van der Waals surface area contributed by atoms with E-state index in [0.717, 1.165) is 23.8 Å². The summed E-state index contributed by atoms with van der Waals surface area (Å²) < 4.78 is 0. The van der Waals surface area contributed by atoms with E-state index in [0.29, 0.717) is 6.42 Å². The Morgan fingerprint density at radius 2 is 0.867 bits per heavy atom. The number of amides is 1. The van der Waals surface area contributed by atoms with Gasteiger partial charge in [-0.2, -0.15) is 11.8 Å². The van der Waals surface area contributed by atoms with Crippen LogP contribution in [0.4, 0.5) is 0 Å². The van der Waals surface area contributed by atoms with Crippen LogP contribution in [0.3, 0.4) is 0 Å². The van der Waals surface area contributed by atoms with E-state index in [1.165, 1.54) is 154 Å². The van der Waals surface area contributed by atoms with Crippen molar-refractivity contribution in [1.29, 1.82) is 0 Å². The van der Waals surface area contributed by atoms with Crippen molar-refractivity contribution in [3.05, 3.63) is 48.6 Å². The quantitative estimate of drug-likeness (QED) is 0.0513. The molecule has 0 unspecified atom stereocenters. The normalized spacial score (nSPS) is 12.3. The van der Waals surface area contributed by atoms with Crippen LogP contribution in [0.1, 0.15) is 187 Å². The zero-order chi connectivity index (χ0) is 32.9. The summed E-state index contributed by atoms with van der Waals surface area (Å²) in [5.74, 6) is 1.25. The van der Waals surface area contributed by atoms with Crippen LogP contribution in [0.15, 0.2) is 48.6 Å². The maximum Gasteiger partial charge on any atom is 0.222 e. The van der Waals surface area contributed by atoms with Gasteiger partial charge >= 0.3 is 0 Å². The molecule has 1 amide bonds. The predicted octanol–water partition coefficient (Wildman–Crippen LogP) is 14.0. The largest absolute Gasteiger partial charge is 0.349 e. The molecule has 0 aliphatic rings. The first kappa shape index (κ1) is 43.8. The Bertz CT molecular complexity index is 674. The monoisotopic (exact) mass is 644 g/mol. The standard InChI is InChI=1S/C42H77NOS/c1-5-7-9-11-13-15-17-19-21-23-25-27-29-31-33-35-37-41(45-40-39-42(44)43(3)4)38-36-34-32-30-28-26-24-22-20-18-16-14-12-10-8-6-2/h13-16,19-22,41H,5-12,17-18,23-40H2,1-4H3/b15-13-,16-14-,21-19-,22-20-. The highest BCUT2D eigenvalue weighted by Crippen LogP contribution is 2.25. The highest BCUT2D eigenvalue weighted by Gasteiger charge is 2.11. The minimum Gasteiger partial charge on any atom is -0.349 e. The summed E-state index contributed by atoms with van der Waals surface area (Å²) in [5.41, 5.74) is 0. The summed E-state index contributed by atoms with van der Waals surface area (Å²) in [6, 6.07) is 0. The molecule has 2 nitrogen and oxygen atoms in total. The zero-order valence-corrected chi connectivity index (χ0v) is 31.6. The van der Waals surface area contributed by atoms with Gasteiger partial charge in [0.25, 0.3) is 0 Å². The number of nitrogens with zero attached hydrogens (tertiary/aromatic N) is 1. The summed E-state index contributed by atoms with van der Waals surface area (Å²) in [6.07, 6.45) is 53.7. The third-order valence-corrected chi connectivity index (χ3v) is 10.0. The molecule has 0 aromatic heterocycles. The van der Waals surface area contributed by atoms with Crippen molar-refractivity contribution in [3.8, 4) is 0 Å². The first-order valence-corrected chi connectivity index (χ1v) is 20.6. The van der Waals surface area contributed by atoms with Gasteiger partial charge in [-0.3, -0.25) is 4.79 Å². The Morgan fingerprint density at radius 3 is 1.24 bits per heavy atom. The summed E-state index contributed by atoms with van der Waals surface area (Å²) in [5, 5.41) is 0.733. The molecular weight excluding hydrogens is 567 g/mol. The molecule has 0 N–H and O–H groups in total. The van der Waals surface area contributed by atoms with Crippen LogP contribution in [0.25, 0.3) is 0 Å². The number of hydrogen-bond donors (Lipinski definition) is 0. The lowest BCUT2D eigenvalue weighted by Gasteiger charge is -2.17. The van der Waals surface area contributed by atoms with Crippen molar-refractivity contribution >= 4 is 17.7 Å². The van der Waals surface area contributed by atoms with E-state index in [2.05, 4.69) is 74.2 Å². The van der Waals surface area contributed by atoms with Gasteiger partial charge < -0.3 is 4.90 Å². The van der Waals surface area contributed by atoms with Gasteiger partial charge in [0.1, 0.15) is 0 Å². The fraction of sp³-hybridized carbons (Fsp3) is 0.786. The maximum absolute atomic E-state index is 12.1. The first-order chi connectivity index (χ1) is 22.1. The topological polar surface area (TPSA) is 20.3 Å². The molecule has 0 aliphatic heterocycles. The highest BCUT2D eigenvalue weighted by molar-refractivity contribution is 7.99. The van der Waals surface area contributed by atoms with Crippen molar-refractivity contribution in [2.75, 3.05) is 19.8 Å². The van der Waals surface area contributed by atoms with Crippen molar-refractivity contribution in [3.63, 3.8) is 0 Å².